The highest BCUT2D eigenvalue weighted by molar-refractivity contribution is 7.97. The van der Waals surface area contributed by atoms with E-state index in [1.165, 1.54) is 18.0 Å². The minimum atomic E-state index is -0.424. The number of urea groups is 1. The molecule has 1 atom stereocenters. The molecule has 1 aliphatic rings. The number of hydrogen-bond donors (Lipinski definition) is 2. The molecule has 2 aromatic rings. The zero-order valence-corrected chi connectivity index (χ0v) is 16.0. The SMILES string of the molecule is CCCSN(C(=O)NC(=O)c1ccccc1)C(c1ccc(O)nc1)C1CC1. The van der Waals surface area contributed by atoms with Crippen LogP contribution in [0, 0.1) is 5.92 Å². The van der Waals surface area contributed by atoms with Crippen LogP contribution in [0.25, 0.3) is 0 Å². The van der Waals surface area contributed by atoms with Crippen LogP contribution in [0.15, 0.2) is 48.7 Å². The Labute approximate surface area is 163 Å². The number of aromatic nitrogens is 1. The van der Waals surface area contributed by atoms with Gasteiger partial charge in [0.25, 0.3) is 5.91 Å². The number of carbonyl (C=O) groups is 2. The summed E-state index contributed by atoms with van der Waals surface area (Å²) in [7, 11) is 0. The maximum absolute atomic E-state index is 13.0. The van der Waals surface area contributed by atoms with Gasteiger partial charge >= 0.3 is 6.03 Å². The van der Waals surface area contributed by atoms with E-state index < -0.39 is 11.9 Å². The van der Waals surface area contributed by atoms with E-state index in [4.69, 9.17) is 0 Å². The van der Waals surface area contributed by atoms with E-state index in [9.17, 15) is 14.7 Å². The standard InChI is InChI=1S/C20H23N3O3S/c1-2-12-27-23(20(26)22-19(25)15-6-4-3-5-7-15)18(14-8-9-14)16-10-11-17(24)21-13-16/h3-7,10-11,13-14,18H,2,8-9,12H2,1H3,(H,21,24)(H,22,25,26). The quantitative estimate of drug-likeness (QED) is 0.700. The van der Waals surface area contributed by atoms with Gasteiger partial charge in [-0.1, -0.05) is 31.2 Å². The Morgan fingerprint density at radius 3 is 2.59 bits per heavy atom. The first-order valence-electron chi connectivity index (χ1n) is 9.07. The van der Waals surface area contributed by atoms with Crippen molar-refractivity contribution < 1.29 is 14.7 Å². The first-order valence-corrected chi connectivity index (χ1v) is 10.0. The van der Waals surface area contributed by atoms with E-state index in [0.717, 1.165) is 30.6 Å². The second-order valence-electron chi connectivity index (χ2n) is 6.52. The lowest BCUT2D eigenvalue weighted by Gasteiger charge is -2.30. The van der Waals surface area contributed by atoms with Gasteiger partial charge in [0.15, 0.2) is 0 Å². The fraction of sp³-hybridized carbons (Fsp3) is 0.350. The summed E-state index contributed by atoms with van der Waals surface area (Å²) in [5.74, 6) is 0.630. The molecule has 1 aliphatic carbocycles. The minimum absolute atomic E-state index is 0.0511. The lowest BCUT2D eigenvalue weighted by Crippen LogP contribution is -2.42. The summed E-state index contributed by atoms with van der Waals surface area (Å²) in [5.41, 5.74) is 1.31. The number of hydrogen-bond acceptors (Lipinski definition) is 5. The van der Waals surface area contributed by atoms with Crippen LogP contribution in [-0.4, -0.2) is 32.1 Å². The van der Waals surface area contributed by atoms with Crippen LogP contribution < -0.4 is 5.32 Å². The first kappa shape index (κ1) is 19.2. The van der Waals surface area contributed by atoms with Crippen molar-refractivity contribution >= 4 is 23.9 Å². The highest BCUT2D eigenvalue weighted by Gasteiger charge is 2.39. The number of imide groups is 1. The second-order valence-corrected chi connectivity index (χ2v) is 7.58. The summed E-state index contributed by atoms with van der Waals surface area (Å²) < 4.78 is 1.66. The maximum atomic E-state index is 13.0. The summed E-state index contributed by atoms with van der Waals surface area (Å²) in [5, 5.41) is 12.0. The summed E-state index contributed by atoms with van der Waals surface area (Å²) >= 11 is 1.42. The third-order valence-corrected chi connectivity index (χ3v) is 5.59. The number of amides is 3. The molecule has 6 nitrogen and oxygen atoms in total. The number of benzene rings is 1. The van der Waals surface area contributed by atoms with Crippen LogP contribution in [0.5, 0.6) is 5.88 Å². The van der Waals surface area contributed by atoms with E-state index >= 15 is 0 Å². The molecule has 2 N–H and O–H groups in total. The van der Waals surface area contributed by atoms with Crippen LogP contribution in [0.3, 0.4) is 0 Å². The molecule has 0 bridgehead atoms. The Bertz CT molecular complexity index is 779. The molecule has 1 fully saturated rings. The van der Waals surface area contributed by atoms with Crippen molar-refractivity contribution in [1.82, 2.24) is 14.6 Å². The van der Waals surface area contributed by atoms with Gasteiger partial charge < -0.3 is 5.11 Å². The normalized spacial score (nSPS) is 14.4. The van der Waals surface area contributed by atoms with Crippen molar-refractivity contribution in [2.75, 3.05) is 5.75 Å². The van der Waals surface area contributed by atoms with Crippen LogP contribution in [0.1, 0.15) is 48.1 Å². The Hall–Kier alpha value is -2.54. The summed E-state index contributed by atoms with van der Waals surface area (Å²) in [4.78, 5) is 29.3. The summed E-state index contributed by atoms with van der Waals surface area (Å²) in [6.07, 6.45) is 4.56. The number of nitrogens with zero attached hydrogens (tertiary/aromatic N) is 2. The smallest absolute Gasteiger partial charge is 0.334 e. The number of carbonyl (C=O) groups excluding carboxylic acids is 2. The van der Waals surface area contributed by atoms with Crippen molar-refractivity contribution in [1.29, 1.82) is 0 Å². The molecule has 27 heavy (non-hydrogen) atoms. The molecular formula is C20H23N3O3S. The van der Waals surface area contributed by atoms with Crippen molar-refractivity contribution in [3.8, 4) is 5.88 Å². The Morgan fingerprint density at radius 2 is 2.00 bits per heavy atom. The van der Waals surface area contributed by atoms with Gasteiger partial charge in [0, 0.05) is 23.6 Å². The number of rotatable bonds is 7. The Kier molecular flexibility index (Phi) is 6.34. The molecule has 0 radical (unpaired) electrons. The highest BCUT2D eigenvalue weighted by Crippen LogP contribution is 2.46. The Morgan fingerprint density at radius 1 is 1.26 bits per heavy atom. The molecule has 3 amide bonds. The Balaban J connectivity index is 1.81. The largest absolute Gasteiger partial charge is 0.493 e. The average molecular weight is 385 g/mol. The third kappa shape index (κ3) is 5.01. The van der Waals surface area contributed by atoms with E-state index in [0.29, 0.717) is 11.5 Å². The fourth-order valence-electron chi connectivity index (χ4n) is 2.85. The van der Waals surface area contributed by atoms with Gasteiger partial charge in [-0.2, -0.15) is 0 Å². The summed E-state index contributed by atoms with van der Waals surface area (Å²) in [6, 6.07) is 11.4. The van der Waals surface area contributed by atoms with Crippen molar-refractivity contribution in [3.05, 3.63) is 59.8 Å². The zero-order chi connectivity index (χ0) is 19.2. The topological polar surface area (TPSA) is 82.5 Å². The molecule has 0 aliphatic heterocycles. The van der Waals surface area contributed by atoms with Gasteiger partial charge in [0.05, 0.1) is 6.04 Å². The van der Waals surface area contributed by atoms with Crippen molar-refractivity contribution in [2.45, 2.75) is 32.2 Å². The molecule has 142 valence electrons. The van der Waals surface area contributed by atoms with Crippen LogP contribution in [0.2, 0.25) is 0 Å². The monoisotopic (exact) mass is 385 g/mol. The first-order chi connectivity index (χ1) is 13.1. The van der Waals surface area contributed by atoms with Gasteiger partial charge in [-0.25, -0.2) is 9.78 Å². The van der Waals surface area contributed by atoms with Crippen LogP contribution in [-0.2, 0) is 0 Å². The number of nitrogens with one attached hydrogen (secondary N) is 1. The van der Waals surface area contributed by atoms with Crippen LogP contribution >= 0.6 is 11.9 Å². The molecule has 1 unspecified atom stereocenters. The fourth-order valence-corrected chi connectivity index (χ4v) is 3.85. The van der Waals surface area contributed by atoms with Crippen LogP contribution in [0.4, 0.5) is 4.79 Å². The van der Waals surface area contributed by atoms with E-state index in [1.807, 2.05) is 13.0 Å². The van der Waals surface area contributed by atoms with E-state index in [2.05, 4.69) is 10.3 Å². The average Bonchev–Trinajstić information content (AvgIpc) is 3.51. The highest BCUT2D eigenvalue weighted by atomic mass is 32.2. The molecular weight excluding hydrogens is 362 g/mol. The predicted octanol–water partition coefficient (Wildman–Crippen LogP) is 4.15. The predicted molar refractivity (Wildman–Crippen MR) is 105 cm³/mol. The van der Waals surface area contributed by atoms with E-state index in [1.54, 1.807) is 40.8 Å². The van der Waals surface area contributed by atoms with Gasteiger partial charge in [-0.05, 0) is 54.8 Å². The molecule has 1 aromatic carbocycles. The molecule has 1 saturated carbocycles. The lowest BCUT2D eigenvalue weighted by atomic mass is 10.0. The van der Waals surface area contributed by atoms with Crippen molar-refractivity contribution in [3.63, 3.8) is 0 Å². The molecule has 3 rings (SSSR count). The maximum Gasteiger partial charge on any atom is 0.334 e. The number of aromatic hydroxyl groups is 1. The second kappa shape index (κ2) is 8.90. The lowest BCUT2D eigenvalue weighted by molar-refractivity contribution is 0.0956. The summed E-state index contributed by atoms with van der Waals surface area (Å²) in [6.45, 7) is 2.05. The van der Waals surface area contributed by atoms with Crippen molar-refractivity contribution in [2.24, 2.45) is 5.92 Å². The van der Waals surface area contributed by atoms with E-state index in [-0.39, 0.29) is 11.9 Å². The molecule has 0 spiro atoms. The zero-order valence-electron chi connectivity index (χ0n) is 15.2. The molecule has 0 saturated heterocycles. The van der Waals surface area contributed by atoms with Gasteiger partial charge in [-0.3, -0.25) is 14.4 Å². The van der Waals surface area contributed by atoms with Gasteiger partial charge in [0.1, 0.15) is 0 Å². The molecule has 1 aromatic heterocycles. The molecule has 1 heterocycles. The van der Waals surface area contributed by atoms with Gasteiger partial charge in [0.2, 0.25) is 5.88 Å². The minimum Gasteiger partial charge on any atom is -0.493 e. The number of pyridine rings is 1. The molecule has 7 heteroatoms. The van der Waals surface area contributed by atoms with Gasteiger partial charge in [-0.15, -0.1) is 0 Å². The third-order valence-electron chi connectivity index (χ3n) is 4.32.